The molecular formula is C19H19F3N2O4. The minimum atomic E-state index is -4.52. The summed E-state index contributed by atoms with van der Waals surface area (Å²) in [5, 5.41) is 13.4. The Morgan fingerprint density at radius 2 is 1.96 bits per heavy atom. The molecule has 0 radical (unpaired) electrons. The Bertz CT molecular complexity index is 905. The first-order valence-electron chi connectivity index (χ1n) is 8.91. The number of hydrogen-bond acceptors (Lipinski definition) is 4. The maximum atomic E-state index is 12.8. The van der Waals surface area contributed by atoms with Crippen LogP contribution in [0, 0.1) is 5.92 Å². The van der Waals surface area contributed by atoms with E-state index in [0.717, 1.165) is 54.8 Å². The standard InChI is InChI=1S/C19H19F3N2O4/c20-19(21,22)13-6-3-7-14(9-13)28-15-10-17(25)24(23-11-15)16(18(26)27)8-12-4-1-2-5-12/h3,6-7,9-12,16H,1-2,4-5,8H2,(H,26,27). The van der Waals surface area contributed by atoms with Crippen LogP contribution < -0.4 is 10.3 Å². The molecule has 3 rings (SSSR count). The zero-order valence-electron chi connectivity index (χ0n) is 14.9. The van der Waals surface area contributed by atoms with Crippen LogP contribution in [0.2, 0.25) is 0 Å². The summed E-state index contributed by atoms with van der Waals surface area (Å²) in [7, 11) is 0. The van der Waals surface area contributed by atoms with E-state index < -0.39 is 29.3 Å². The number of carboxylic acids is 1. The highest BCUT2D eigenvalue weighted by Gasteiger charge is 2.31. The summed E-state index contributed by atoms with van der Waals surface area (Å²) >= 11 is 0. The lowest BCUT2D eigenvalue weighted by molar-refractivity contribution is -0.142. The fourth-order valence-corrected chi connectivity index (χ4v) is 3.43. The summed E-state index contributed by atoms with van der Waals surface area (Å²) in [5.41, 5.74) is -1.57. The number of aliphatic carboxylic acids is 1. The molecular weight excluding hydrogens is 377 g/mol. The third kappa shape index (κ3) is 4.71. The number of carbonyl (C=O) groups is 1. The average Bonchev–Trinajstić information content (AvgIpc) is 3.13. The molecule has 6 nitrogen and oxygen atoms in total. The molecule has 1 unspecified atom stereocenters. The summed E-state index contributed by atoms with van der Waals surface area (Å²) < 4.78 is 44.5. The lowest BCUT2D eigenvalue weighted by atomic mass is 9.98. The van der Waals surface area contributed by atoms with E-state index in [2.05, 4.69) is 5.10 Å². The largest absolute Gasteiger partial charge is 0.480 e. The highest BCUT2D eigenvalue weighted by molar-refractivity contribution is 5.71. The average molecular weight is 396 g/mol. The van der Waals surface area contributed by atoms with Crippen molar-refractivity contribution in [3.63, 3.8) is 0 Å². The Morgan fingerprint density at radius 1 is 1.25 bits per heavy atom. The van der Waals surface area contributed by atoms with Crippen molar-refractivity contribution in [2.45, 2.75) is 44.3 Å². The smallest absolute Gasteiger partial charge is 0.416 e. The molecule has 1 fully saturated rings. The van der Waals surface area contributed by atoms with Crippen LogP contribution in [-0.4, -0.2) is 20.9 Å². The molecule has 28 heavy (non-hydrogen) atoms. The van der Waals surface area contributed by atoms with Crippen LogP contribution in [0.4, 0.5) is 13.2 Å². The zero-order chi connectivity index (χ0) is 20.3. The van der Waals surface area contributed by atoms with Crippen molar-refractivity contribution in [1.29, 1.82) is 0 Å². The fraction of sp³-hybridized carbons (Fsp3) is 0.421. The van der Waals surface area contributed by atoms with E-state index in [1.807, 2.05) is 0 Å². The minimum Gasteiger partial charge on any atom is -0.480 e. The van der Waals surface area contributed by atoms with Crippen LogP contribution in [0.1, 0.15) is 43.7 Å². The number of aromatic nitrogens is 2. The van der Waals surface area contributed by atoms with Crippen molar-refractivity contribution in [2.75, 3.05) is 0 Å². The molecule has 1 aromatic carbocycles. The summed E-state index contributed by atoms with van der Waals surface area (Å²) in [6.45, 7) is 0. The number of benzene rings is 1. The molecule has 2 aromatic rings. The van der Waals surface area contributed by atoms with Gasteiger partial charge in [-0.15, -0.1) is 0 Å². The maximum Gasteiger partial charge on any atom is 0.416 e. The van der Waals surface area contributed by atoms with Crippen LogP contribution in [0.25, 0.3) is 0 Å². The lowest BCUT2D eigenvalue weighted by Gasteiger charge is -2.18. The Balaban J connectivity index is 1.80. The number of halogens is 3. The topological polar surface area (TPSA) is 81.4 Å². The molecule has 1 aliphatic rings. The van der Waals surface area contributed by atoms with Gasteiger partial charge in [0.05, 0.1) is 11.8 Å². The number of ether oxygens (including phenoxy) is 1. The van der Waals surface area contributed by atoms with E-state index in [1.165, 1.54) is 12.1 Å². The van der Waals surface area contributed by atoms with E-state index in [9.17, 15) is 27.9 Å². The summed E-state index contributed by atoms with van der Waals surface area (Å²) in [5.74, 6) is -1.08. The van der Waals surface area contributed by atoms with Crippen LogP contribution in [0.3, 0.4) is 0 Å². The first-order valence-corrected chi connectivity index (χ1v) is 8.91. The van der Waals surface area contributed by atoms with Gasteiger partial charge in [-0.05, 0) is 30.5 Å². The molecule has 1 aliphatic carbocycles. The Kier molecular flexibility index (Phi) is 5.71. The quantitative estimate of drug-likeness (QED) is 0.789. The first kappa shape index (κ1) is 19.9. The van der Waals surface area contributed by atoms with Gasteiger partial charge in [-0.3, -0.25) is 4.79 Å². The van der Waals surface area contributed by atoms with Crippen molar-refractivity contribution >= 4 is 5.97 Å². The monoisotopic (exact) mass is 396 g/mol. The lowest BCUT2D eigenvalue weighted by Crippen LogP contribution is -2.32. The molecule has 1 saturated carbocycles. The molecule has 1 atom stereocenters. The molecule has 1 N–H and O–H groups in total. The predicted octanol–water partition coefficient (Wildman–Crippen LogP) is 4.26. The second-order valence-electron chi connectivity index (χ2n) is 6.84. The first-order chi connectivity index (χ1) is 13.2. The minimum absolute atomic E-state index is 0.0643. The molecule has 0 saturated heterocycles. The van der Waals surface area contributed by atoms with Crippen LogP contribution in [0.5, 0.6) is 11.5 Å². The van der Waals surface area contributed by atoms with Gasteiger partial charge in [-0.2, -0.15) is 18.3 Å². The molecule has 0 spiro atoms. The van der Waals surface area contributed by atoms with Gasteiger partial charge in [0.1, 0.15) is 5.75 Å². The van der Waals surface area contributed by atoms with E-state index in [1.54, 1.807) is 0 Å². The van der Waals surface area contributed by atoms with Crippen molar-refractivity contribution in [3.05, 3.63) is 52.4 Å². The van der Waals surface area contributed by atoms with E-state index in [4.69, 9.17) is 4.74 Å². The van der Waals surface area contributed by atoms with Crippen molar-refractivity contribution in [2.24, 2.45) is 5.92 Å². The number of rotatable bonds is 6. The van der Waals surface area contributed by atoms with Crippen LogP contribution in [0.15, 0.2) is 41.3 Å². The van der Waals surface area contributed by atoms with Gasteiger partial charge in [-0.1, -0.05) is 31.7 Å². The second kappa shape index (κ2) is 8.04. The zero-order valence-corrected chi connectivity index (χ0v) is 14.9. The molecule has 0 aliphatic heterocycles. The van der Waals surface area contributed by atoms with Crippen molar-refractivity contribution in [3.8, 4) is 11.5 Å². The Labute approximate surface area is 158 Å². The Hall–Kier alpha value is -2.84. The third-order valence-electron chi connectivity index (χ3n) is 4.81. The second-order valence-corrected chi connectivity index (χ2v) is 6.84. The summed E-state index contributed by atoms with van der Waals surface area (Å²) in [4.78, 5) is 24.0. The van der Waals surface area contributed by atoms with Crippen LogP contribution >= 0.6 is 0 Å². The molecule has 1 heterocycles. The van der Waals surface area contributed by atoms with Gasteiger partial charge in [0.25, 0.3) is 5.56 Å². The summed E-state index contributed by atoms with van der Waals surface area (Å²) in [6.07, 6.45) is 0.870. The van der Waals surface area contributed by atoms with Gasteiger partial charge in [0, 0.05) is 6.07 Å². The fourth-order valence-electron chi connectivity index (χ4n) is 3.43. The van der Waals surface area contributed by atoms with Gasteiger partial charge >= 0.3 is 12.1 Å². The Morgan fingerprint density at radius 3 is 2.57 bits per heavy atom. The normalized spacial score (nSPS) is 16.1. The highest BCUT2D eigenvalue weighted by atomic mass is 19.4. The van der Waals surface area contributed by atoms with E-state index in [0.29, 0.717) is 6.42 Å². The van der Waals surface area contributed by atoms with Crippen molar-refractivity contribution in [1.82, 2.24) is 9.78 Å². The number of carboxylic acid groups (broad SMARTS) is 1. The number of alkyl halides is 3. The highest BCUT2D eigenvalue weighted by Crippen LogP contribution is 2.33. The predicted molar refractivity (Wildman–Crippen MR) is 93.3 cm³/mol. The van der Waals surface area contributed by atoms with Gasteiger partial charge in [0.2, 0.25) is 0 Å². The maximum absolute atomic E-state index is 12.8. The van der Waals surface area contributed by atoms with Crippen molar-refractivity contribution < 1.29 is 27.8 Å². The van der Waals surface area contributed by atoms with Gasteiger partial charge < -0.3 is 9.84 Å². The molecule has 0 bridgehead atoms. The third-order valence-corrected chi connectivity index (χ3v) is 4.81. The number of nitrogens with zero attached hydrogens (tertiary/aromatic N) is 2. The SMILES string of the molecule is O=C(O)C(CC1CCCC1)n1ncc(Oc2cccc(C(F)(F)F)c2)cc1=O. The number of hydrogen-bond donors (Lipinski definition) is 1. The molecule has 150 valence electrons. The van der Waals surface area contributed by atoms with Gasteiger partial charge in [-0.25, -0.2) is 9.48 Å². The molecule has 0 amide bonds. The van der Waals surface area contributed by atoms with E-state index >= 15 is 0 Å². The van der Waals surface area contributed by atoms with E-state index in [-0.39, 0.29) is 17.4 Å². The van der Waals surface area contributed by atoms with Gasteiger partial charge in [0.15, 0.2) is 11.8 Å². The summed E-state index contributed by atoms with van der Waals surface area (Å²) in [6, 6.07) is 4.17. The molecule has 1 aromatic heterocycles. The van der Waals surface area contributed by atoms with Crippen LogP contribution in [-0.2, 0) is 11.0 Å². The molecule has 9 heteroatoms.